The lowest BCUT2D eigenvalue weighted by molar-refractivity contribution is -0.138. The Labute approximate surface area is 173 Å². The smallest absolute Gasteiger partial charge is 0.327 e. The Morgan fingerprint density at radius 1 is 1.17 bits per heavy atom. The lowest BCUT2D eigenvalue weighted by Crippen LogP contribution is -2.42. The van der Waals surface area contributed by atoms with Crippen molar-refractivity contribution in [3.05, 3.63) is 59.5 Å². The first kappa shape index (κ1) is 18.6. The second-order valence-corrected chi connectivity index (χ2v) is 8.01. The van der Waals surface area contributed by atoms with E-state index in [0.717, 1.165) is 34.6 Å². The largest absolute Gasteiger partial charge is 0.467 e. The third kappa shape index (κ3) is 3.28. The number of benzene rings is 1. The first-order valence-corrected chi connectivity index (χ1v) is 10.1. The molecule has 1 aromatic carbocycles. The van der Waals surface area contributed by atoms with E-state index in [9.17, 15) is 14.4 Å². The molecule has 1 saturated carbocycles. The fraction of sp³-hybridized carbons (Fsp3) is 0.364. The fourth-order valence-corrected chi connectivity index (χ4v) is 3.96. The average Bonchev–Trinajstić information content (AvgIpc) is 3.13. The van der Waals surface area contributed by atoms with Gasteiger partial charge in [0.2, 0.25) is 0 Å². The number of urea groups is 1. The molecular formula is C22H22N4O4. The summed E-state index contributed by atoms with van der Waals surface area (Å²) in [6.07, 6.45) is 3.89. The number of nitrogens with zero attached hydrogens (tertiary/aromatic N) is 4. The van der Waals surface area contributed by atoms with E-state index in [1.165, 1.54) is 5.01 Å². The zero-order valence-corrected chi connectivity index (χ0v) is 16.7. The molecular weight excluding hydrogens is 384 g/mol. The monoisotopic (exact) mass is 406 g/mol. The van der Waals surface area contributed by atoms with Crippen molar-refractivity contribution in [3.63, 3.8) is 0 Å². The zero-order chi connectivity index (χ0) is 20.8. The first-order valence-electron chi connectivity index (χ1n) is 10.1. The Bertz CT molecular complexity index is 1020. The van der Waals surface area contributed by atoms with E-state index >= 15 is 0 Å². The lowest BCUT2D eigenvalue weighted by Gasteiger charge is -2.22. The Balaban J connectivity index is 1.39. The summed E-state index contributed by atoms with van der Waals surface area (Å²) in [5.74, 6) is -0.123. The van der Waals surface area contributed by atoms with Gasteiger partial charge in [0.15, 0.2) is 0 Å². The van der Waals surface area contributed by atoms with Gasteiger partial charge in [0, 0.05) is 12.5 Å². The fourth-order valence-electron chi connectivity index (χ4n) is 3.96. The topological polar surface area (TPSA) is 86.4 Å². The molecule has 154 valence electrons. The summed E-state index contributed by atoms with van der Waals surface area (Å²) >= 11 is 0. The molecule has 2 fully saturated rings. The van der Waals surface area contributed by atoms with Crippen LogP contribution in [0.5, 0.6) is 0 Å². The Kier molecular flexibility index (Phi) is 4.42. The van der Waals surface area contributed by atoms with Gasteiger partial charge in [-0.3, -0.25) is 14.5 Å². The summed E-state index contributed by atoms with van der Waals surface area (Å²) in [5.41, 5.74) is 2.84. The second-order valence-electron chi connectivity index (χ2n) is 8.01. The minimum Gasteiger partial charge on any atom is -0.467 e. The molecule has 8 nitrogen and oxygen atoms in total. The minimum absolute atomic E-state index is 0.0519. The van der Waals surface area contributed by atoms with Gasteiger partial charge < -0.3 is 9.32 Å². The quantitative estimate of drug-likeness (QED) is 0.715. The van der Waals surface area contributed by atoms with Crippen molar-refractivity contribution in [2.45, 2.75) is 38.3 Å². The third-order valence-corrected chi connectivity index (χ3v) is 5.79. The third-order valence-electron chi connectivity index (χ3n) is 5.79. The number of hydrogen-bond donors (Lipinski definition) is 0. The van der Waals surface area contributed by atoms with Gasteiger partial charge in [-0.1, -0.05) is 29.8 Å². The van der Waals surface area contributed by atoms with Gasteiger partial charge in [-0.25, -0.2) is 9.80 Å². The lowest BCUT2D eigenvalue weighted by atomic mass is 10.0. The van der Waals surface area contributed by atoms with Gasteiger partial charge in [0.25, 0.3) is 11.8 Å². The number of amides is 4. The van der Waals surface area contributed by atoms with E-state index in [-0.39, 0.29) is 31.1 Å². The van der Waals surface area contributed by atoms with Gasteiger partial charge in [-0.05, 0) is 37.5 Å². The molecule has 5 rings (SSSR count). The summed E-state index contributed by atoms with van der Waals surface area (Å²) in [4.78, 5) is 40.7. The van der Waals surface area contributed by atoms with Crippen molar-refractivity contribution in [2.24, 2.45) is 5.10 Å². The average molecular weight is 406 g/mol. The number of aryl methyl sites for hydroxylation is 1. The normalized spacial score (nSPS) is 21.6. The highest BCUT2D eigenvalue weighted by molar-refractivity contribution is 6.06. The molecule has 1 aromatic heterocycles. The van der Waals surface area contributed by atoms with E-state index in [2.05, 4.69) is 5.10 Å². The van der Waals surface area contributed by atoms with Crippen LogP contribution in [0, 0.1) is 6.92 Å². The van der Waals surface area contributed by atoms with Crippen molar-refractivity contribution in [3.8, 4) is 0 Å². The number of hydrogen-bond acceptors (Lipinski definition) is 5. The van der Waals surface area contributed by atoms with Gasteiger partial charge in [0.1, 0.15) is 24.9 Å². The molecule has 3 aliphatic rings. The highest BCUT2D eigenvalue weighted by atomic mass is 16.3. The molecule has 1 aliphatic carbocycles. The molecule has 0 radical (unpaired) electrons. The van der Waals surface area contributed by atoms with E-state index in [1.54, 1.807) is 23.3 Å². The Morgan fingerprint density at radius 2 is 1.93 bits per heavy atom. The summed E-state index contributed by atoms with van der Waals surface area (Å²) in [6.45, 7) is 1.75. The van der Waals surface area contributed by atoms with E-state index in [0.29, 0.717) is 12.2 Å². The van der Waals surface area contributed by atoms with Crippen molar-refractivity contribution in [1.29, 1.82) is 0 Å². The summed E-state index contributed by atoms with van der Waals surface area (Å²) in [7, 11) is 0. The second kappa shape index (κ2) is 7.12. The van der Waals surface area contributed by atoms with Crippen molar-refractivity contribution < 1.29 is 18.8 Å². The number of carbonyl (C=O) groups is 3. The van der Waals surface area contributed by atoms with Crippen molar-refractivity contribution in [1.82, 2.24) is 14.8 Å². The molecule has 8 heteroatoms. The van der Waals surface area contributed by atoms with Crippen LogP contribution >= 0.6 is 0 Å². The van der Waals surface area contributed by atoms with Crippen LogP contribution in [-0.4, -0.2) is 57.5 Å². The zero-order valence-electron chi connectivity index (χ0n) is 16.7. The van der Waals surface area contributed by atoms with Crippen LogP contribution in [0.15, 0.2) is 52.2 Å². The summed E-state index contributed by atoms with van der Waals surface area (Å²) < 4.78 is 5.55. The maximum atomic E-state index is 13.1. The predicted molar refractivity (Wildman–Crippen MR) is 107 cm³/mol. The molecule has 2 aliphatic heterocycles. The van der Waals surface area contributed by atoms with Crippen LogP contribution < -0.4 is 0 Å². The summed E-state index contributed by atoms with van der Waals surface area (Å²) in [6, 6.07) is 10.9. The van der Waals surface area contributed by atoms with E-state index < -0.39 is 11.9 Å². The van der Waals surface area contributed by atoms with Crippen LogP contribution in [0.3, 0.4) is 0 Å². The molecule has 3 heterocycles. The van der Waals surface area contributed by atoms with Crippen LogP contribution in [0.4, 0.5) is 4.79 Å². The van der Waals surface area contributed by atoms with E-state index in [4.69, 9.17) is 4.42 Å². The van der Waals surface area contributed by atoms with Gasteiger partial charge in [-0.2, -0.15) is 5.10 Å². The highest BCUT2D eigenvalue weighted by Crippen LogP contribution is 2.34. The van der Waals surface area contributed by atoms with Crippen molar-refractivity contribution in [2.75, 3.05) is 13.1 Å². The SMILES string of the molecule is Cc1ccc(C2=NN(C(=O)CN3C(=O)CN(C4CC4)C3=O)C(c3ccco3)C2)cc1. The first-order chi connectivity index (χ1) is 14.5. The molecule has 0 spiro atoms. The molecule has 4 amide bonds. The molecule has 30 heavy (non-hydrogen) atoms. The standard InChI is InChI=1S/C22H22N4O4/c1-14-4-6-15(7-5-14)17-11-18(19-3-2-10-30-19)26(23-17)21(28)13-25-20(27)12-24(22(25)29)16-8-9-16/h2-7,10,16,18H,8-9,11-13H2,1H3. The summed E-state index contributed by atoms with van der Waals surface area (Å²) in [5, 5.41) is 5.92. The Morgan fingerprint density at radius 3 is 2.60 bits per heavy atom. The van der Waals surface area contributed by atoms with Gasteiger partial charge in [0.05, 0.1) is 12.0 Å². The van der Waals surface area contributed by atoms with Crippen LogP contribution in [-0.2, 0) is 9.59 Å². The molecule has 0 bridgehead atoms. The molecule has 1 atom stereocenters. The molecule has 0 N–H and O–H groups in total. The minimum atomic E-state index is -0.406. The highest BCUT2D eigenvalue weighted by Gasteiger charge is 2.45. The maximum absolute atomic E-state index is 13.1. The van der Waals surface area contributed by atoms with E-state index in [1.807, 2.05) is 31.2 Å². The number of imide groups is 1. The predicted octanol–water partition coefficient (Wildman–Crippen LogP) is 2.69. The molecule has 1 unspecified atom stereocenters. The number of furan rings is 1. The van der Waals surface area contributed by atoms with Crippen LogP contribution in [0.2, 0.25) is 0 Å². The van der Waals surface area contributed by atoms with Crippen molar-refractivity contribution >= 4 is 23.6 Å². The Hall–Kier alpha value is -3.42. The van der Waals surface area contributed by atoms with Gasteiger partial charge >= 0.3 is 6.03 Å². The molecule has 1 saturated heterocycles. The number of hydrazone groups is 1. The number of carbonyl (C=O) groups excluding carboxylic acids is 3. The van der Waals surface area contributed by atoms with Gasteiger partial charge in [-0.15, -0.1) is 0 Å². The maximum Gasteiger partial charge on any atom is 0.327 e. The molecule has 2 aromatic rings. The van der Waals surface area contributed by atoms with Crippen LogP contribution in [0.1, 0.15) is 42.2 Å². The number of rotatable bonds is 5. The van der Waals surface area contributed by atoms with Crippen LogP contribution in [0.25, 0.3) is 0 Å².